The fraction of sp³-hybridized carbons (Fsp3) is 0.188. The Labute approximate surface area is 112 Å². The van der Waals surface area contributed by atoms with Crippen molar-refractivity contribution < 1.29 is 4.42 Å². The normalized spacial score (nSPS) is 12.7. The van der Waals surface area contributed by atoms with Gasteiger partial charge >= 0.3 is 0 Å². The third-order valence-electron chi connectivity index (χ3n) is 3.27. The van der Waals surface area contributed by atoms with Crippen molar-refractivity contribution in [3.63, 3.8) is 0 Å². The van der Waals surface area contributed by atoms with Gasteiger partial charge in [-0.2, -0.15) is 0 Å². The number of hydrogen-bond donors (Lipinski definition) is 1. The summed E-state index contributed by atoms with van der Waals surface area (Å²) < 4.78 is 5.77. The molecule has 3 heteroatoms. The van der Waals surface area contributed by atoms with Gasteiger partial charge in [-0.05, 0) is 24.7 Å². The van der Waals surface area contributed by atoms with Crippen LogP contribution in [0, 0.1) is 0 Å². The molecular weight excluding hydrogens is 236 g/mol. The molecule has 0 aliphatic rings. The van der Waals surface area contributed by atoms with Gasteiger partial charge in [-0.15, -0.1) is 0 Å². The number of hydrogen-bond acceptors (Lipinski definition) is 3. The minimum absolute atomic E-state index is 0.217. The summed E-state index contributed by atoms with van der Waals surface area (Å²) in [7, 11) is 1.96. The Bertz CT molecular complexity index is 628. The van der Waals surface area contributed by atoms with Gasteiger partial charge in [-0.25, -0.2) is 4.98 Å². The standard InChI is InChI=1S/C16H16N2O/c1-17-14(12-7-3-2-4-8-12)11-16-18-13-9-5-6-10-15(13)19-16/h2-10,14,17H,11H2,1H3. The molecule has 0 radical (unpaired) electrons. The molecular formula is C16H16N2O. The average Bonchev–Trinajstić information content (AvgIpc) is 2.88. The van der Waals surface area contributed by atoms with E-state index in [4.69, 9.17) is 4.42 Å². The highest BCUT2D eigenvalue weighted by atomic mass is 16.3. The molecule has 1 unspecified atom stereocenters. The van der Waals surface area contributed by atoms with Crippen LogP contribution < -0.4 is 5.32 Å². The van der Waals surface area contributed by atoms with Crippen LogP contribution in [-0.2, 0) is 6.42 Å². The zero-order valence-electron chi connectivity index (χ0n) is 10.8. The molecule has 0 amide bonds. The minimum Gasteiger partial charge on any atom is -0.441 e. The molecule has 96 valence electrons. The Hall–Kier alpha value is -2.13. The van der Waals surface area contributed by atoms with Gasteiger partial charge in [0.25, 0.3) is 0 Å². The Morgan fingerprint density at radius 2 is 1.79 bits per heavy atom. The van der Waals surface area contributed by atoms with Crippen molar-refractivity contribution in [3.05, 3.63) is 66.1 Å². The topological polar surface area (TPSA) is 38.1 Å². The summed E-state index contributed by atoms with van der Waals surface area (Å²) in [6.45, 7) is 0. The highest BCUT2D eigenvalue weighted by Gasteiger charge is 2.13. The molecule has 0 spiro atoms. The number of para-hydroxylation sites is 2. The molecule has 0 aliphatic carbocycles. The van der Waals surface area contributed by atoms with E-state index < -0.39 is 0 Å². The number of aromatic nitrogens is 1. The highest BCUT2D eigenvalue weighted by molar-refractivity contribution is 5.72. The van der Waals surface area contributed by atoms with Gasteiger partial charge in [0.15, 0.2) is 11.5 Å². The van der Waals surface area contributed by atoms with Crippen molar-refractivity contribution >= 4 is 11.1 Å². The molecule has 3 aromatic rings. The van der Waals surface area contributed by atoms with Crippen molar-refractivity contribution in [1.29, 1.82) is 0 Å². The third kappa shape index (κ3) is 2.51. The van der Waals surface area contributed by atoms with Crippen molar-refractivity contribution in [3.8, 4) is 0 Å². The van der Waals surface area contributed by atoms with Crippen molar-refractivity contribution in [2.45, 2.75) is 12.5 Å². The van der Waals surface area contributed by atoms with E-state index in [1.54, 1.807) is 0 Å². The Morgan fingerprint density at radius 3 is 2.53 bits per heavy atom. The number of oxazole rings is 1. The first kappa shape index (κ1) is 11.9. The summed E-state index contributed by atoms with van der Waals surface area (Å²) in [4.78, 5) is 4.52. The third-order valence-corrected chi connectivity index (χ3v) is 3.27. The molecule has 0 saturated heterocycles. The highest BCUT2D eigenvalue weighted by Crippen LogP contribution is 2.21. The Kier molecular flexibility index (Phi) is 3.29. The van der Waals surface area contributed by atoms with Crippen molar-refractivity contribution in [1.82, 2.24) is 10.3 Å². The molecule has 3 rings (SSSR count). The number of nitrogens with zero attached hydrogens (tertiary/aromatic N) is 1. The lowest BCUT2D eigenvalue weighted by molar-refractivity contribution is 0.474. The molecule has 2 aromatic carbocycles. The van der Waals surface area contributed by atoms with Gasteiger partial charge in [0, 0.05) is 12.5 Å². The Balaban J connectivity index is 1.86. The van der Waals surface area contributed by atoms with Crippen LogP contribution in [0.4, 0.5) is 0 Å². The molecule has 0 aliphatic heterocycles. The smallest absolute Gasteiger partial charge is 0.197 e. The van der Waals surface area contributed by atoms with Crippen LogP contribution >= 0.6 is 0 Å². The zero-order chi connectivity index (χ0) is 13.1. The first-order valence-electron chi connectivity index (χ1n) is 6.43. The van der Waals surface area contributed by atoms with Crippen LogP contribution in [0.5, 0.6) is 0 Å². The first-order valence-corrected chi connectivity index (χ1v) is 6.43. The molecule has 0 fully saturated rings. The monoisotopic (exact) mass is 252 g/mol. The second kappa shape index (κ2) is 5.24. The lowest BCUT2D eigenvalue weighted by Gasteiger charge is -2.14. The van der Waals surface area contributed by atoms with Crippen LogP contribution in [0.2, 0.25) is 0 Å². The zero-order valence-corrected chi connectivity index (χ0v) is 10.8. The van der Waals surface area contributed by atoms with Gasteiger partial charge in [0.2, 0.25) is 0 Å². The second-order valence-corrected chi connectivity index (χ2v) is 4.53. The molecule has 1 atom stereocenters. The SMILES string of the molecule is CNC(Cc1nc2ccccc2o1)c1ccccc1. The molecule has 3 nitrogen and oxygen atoms in total. The molecule has 0 saturated carbocycles. The van der Waals surface area contributed by atoms with Gasteiger partial charge in [0.1, 0.15) is 5.52 Å². The van der Waals surface area contributed by atoms with Crippen LogP contribution in [0.1, 0.15) is 17.5 Å². The number of nitrogens with one attached hydrogen (secondary N) is 1. The van der Waals surface area contributed by atoms with Crippen LogP contribution in [0.15, 0.2) is 59.0 Å². The summed E-state index contributed by atoms with van der Waals surface area (Å²) in [6, 6.07) is 18.4. The largest absolute Gasteiger partial charge is 0.441 e. The number of likely N-dealkylation sites (N-methyl/N-ethyl adjacent to an activating group) is 1. The molecule has 0 bridgehead atoms. The van der Waals surface area contributed by atoms with Gasteiger partial charge in [-0.3, -0.25) is 0 Å². The number of rotatable bonds is 4. The second-order valence-electron chi connectivity index (χ2n) is 4.53. The summed E-state index contributed by atoms with van der Waals surface area (Å²) in [6.07, 6.45) is 0.745. The summed E-state index contributed by atoms with van der Waals surface area (Å²) in [5.41, 5.74) is 3.01. The maximum Gasteiger partial charge on any atom is 0.197 e. The number of fused-ring (bicyclic) bond motifs is 1. The molecule has 1 N–H and O–H groups in total. The van der Waals surface area contributed by atoms with E-state index in [0.717, 1.165) is 23.4 Å². The van der Waals surface area contributed by atoms with Crippen LogP contribution in [-0.4, -0.2) is 12.0 Å². The van der Waals surface area contributed by atoms with Crippen molar-refractivity contribution in [2.75, 3.05) is 7.05 Å². The number of benzene rings is 2. The molecule has 1 heterocycles. The predicted octanol–water partition coefficient (Wildman–Crippen LogP) is 3.33. The summed E-state index contributed by atoms with van der Waals surface area (Å²) in [5, 5.41) is 3.31. The fourth-order valence-electron chi connectivity index (χ4n) is 2.25. The van der Waals surface area contributed by atoms with Gasteiger partial charge < -0.3 is 9.73 Å². The molecule has 19 heavy (non-hydrogen) atoms. The van der Waals surface area contributed by atoms with E-state index in [0.29, 0.717) is 0 Å². The van der Waals surface area contributed by atoms with Crippen LogP contribution in [0.25, 0.3) is 11.1 Å². The van der Waals surface area contributed by atoms with E-state index >= 15 is 0 Å². The van der Waals surface area contributed by atoms with Gasteiger partial charge in [-0.1, -0.05) is 42.5 Å². The van der Waals surface area contributed by atoms with E-state index in [-0.39, 0.29) is 6.04 Å². The maximum atomic E-state index is 5.77. The Morgan fingerprint density at radius 1 is 1.05 bits per heavy atom. The summed E-state index contributed by atoms with van der Waals surface area (Å²) in [5.74, 6) is 0.768. The molecule has 1 aromatic heterocycles. The first-order chi connectivity index (χ1) is 9.36. The quantitative estimate of drug-likeness (QED) is 0.774. The maximum absolute atomic E-state index is 5.77. The lowest BCUT2D eigenvalue weighted by atomic mass is 10.0. The van der Waals surface area contributed by atoms with E-state index in [9.17, 15) is 0 Å². The van der Waals surface area contributed by atoms with Gasteiger partial charge in [0.05, 0.1) is 0 Å². The fourth-order valence-corrected chi connectivity index (χ4v) is 2.25. The van der Waals surface area contributed by atoms with E-state index in [2.05, 4.69) is 22.4 Å². The van der Waals surface area contributed by atoms with Crippen LogP contribution in [0.3, 0.4) is 0 Å². The average molecular weight is 252 g/mol. The predicted molar refractivity (Wildman–Crippen MR) is 76.0 cm³/mol. The minimum atomic E-state index is 0.217. The lowest BCUT2D eigenvalue weighted by Crippen LogP contribution is -2.18. The van der Waals surface area contributed by atoms with E-state index in [1.165, 1.54) is 5.56 Å². The summed E-state index contributed by atoms with van der Waals surface area (Å²) >= 11 is 0. The van der Waals surface area contributed by atoms with Crippen molar-refractivity contribution in [2.24, 2.45) is 0 Å². The van der Waals surface area contributed by atoms with E-state index in [1.807, 2.05) is 49.5 Å².